The number of fused-ring (bicyclic) bond motifs is 1. The van der Waals surface area contributed by atoms with E-state index in [-0.39, 0.29) is 22.9 Å². The molecule has 1 unspecified atom stereocenters. The van der Waals surface area contributed by atoms with Gasteiger partial charge >= 0.3 is 5.69 Å². The van der Waals surface area contributed by atoms with Crippen molar-refractivity contribution < 1.29 is 14.1 Å². The van der Waals surface area contributed by atoms with Crippen LogP contribution in [0.5, 0.6) is 0 Å². The van der Waals surface area contributed by atoms with Crippen LogP contribution in [0.25, 0.3) is 0 Å². The number of aryl methyl sites for hydroxylation is 2. The first-order valence-corrected chi connectivity index (χ1v) is 9.09. The number of rotatable bonds is 6. The molecule has 1 amide bonds. The highest BCUT2D eigenvalue weighted by Crippen LogP contribution is 2.29. The molecule has 0 bridgehead atoms. The lowest BCUT2D eigenvalue weighted by molar-refractivity contribution is -0.384. The van der Waals surface area contributed by atoms with Crippen LogP contribution in [0.15, 0.2) is 12.1 Å². The molecule has 1 aliphatic heterocycles. The second kappa shape index (κ2) is 7.93. The largest absolute Gasteiger partial charge is 0.353 e. The molecule has 150 valence electrons. The molecule has 1 atom stereocenters. The van der Waals surface area contributed by atoms with E-state index in [1.54, 1.807) is 26.1 Å². The fourth-order valence-corrected chi connectivity index (χ4v) is 3.40. The van der Waals surface area contributed by atoms with Crippen LogP contribution in [0.2, 0.25) is 0 Å². The third kappa shape index (κ3) is 3.68. The molecule has 0 saturated carbocycles. The van der Waals surface area contributed by atoms with E-state index < -0.39 is 22.7 Å². The zero-order chi connectivity index (χ0) is 20.4. The predicted molar refractivity (Wildman–Crippen MR) is 103 cm³/mol. The number of hydrogen-bond donors (Lipinski definition) is 3. The average Bonchev–Trinajstić information content (AvgIpc) is 2.95. The molecule has 2 aromatic rings. The van der Waals surface area contributed by atoms with Crippen molar-refractivity contribution in [1.82, 2.24) is 15.1 Å². The summed E-state index contributed by atoms with van der Waals surface area (Å²) in [5.74, 6) is -0.755. The molecule has 3 N–H and O–H groups in total. The normalized spacial score (nSPS) is 14.3. The lowest BCUT2D eigenvalue weighted by atomic mass is 9.99. The Morgan fingerprint density at radius 2 is 2.25 bits per heavy atom. The second-order valence-electron chi connectivity index (χ2n) is 6.75. The summed E-state index contributed by atoms with van der Waals surface area (Å²) in [5, 5.41) is 24.0. The van der Waals surface area contributed by atoms with E-state index in [2.05, 4.69) is 21.0 Å². The quantitative estimate of drug-likeness (QED) is 0.515. The summed E-state index contributed by atoms with van der Waals surface area (Å²) in [6.07, 6.45) is 0.907. The van der Waals surface area contributed by atoms with Crippen LogP contribution < -0.4 is 16.0 Å². The Hall–Kier alpha value is -3.01. The first kappa shape index (κ1) is 19.7. The van der Waals surface area contributed by atoms with Crippen LogP contribution >= 0.6 is 0 Å². The van der Waals surface area contributed by atoms with Gasteiger partial charge in [0.15, 0.2) is 0 Å². The molecule has 0 aliphatic carbocycles. The van der Waals surface area contributed by atoms with E-state index in [1.807, 2.05) is 0 Å². The number of carbonyl (C=O) groups is 1. The van der Waals surface area contributed by atoms with Gasteiger partial charge < -0.3 is 16.0 Å². The van der Waals surface area contributed by atoms with Crippen LogP contribution in [-0.4, -0.2) is 33.2 Å². The fraction of sp³-hybridized carbons (Fsp3) is 0.444. The summed E-state index contributed by atoms with van der Waals surface area (Å²) < 4.78 is 16.1. The van der Waals surface area contributed by atoms with Crippen LogP contribution in [-0.2, 0) is 24.8 Å². The summed E-state index contributed by atoms with van der Waals surface area (Å²) >= 11 is 0. The standard InChI is InChI=1S/C18H23FN6O3/c1-4-13(21-17-16(25(27)28)10(2)23-24(17)3)18(26)22-14-6-5-11-9-20-8-7-12(11)15(14)19/h5-6,13,20-21H,4,7-9H2,1-3H3,(H,22,26). The number of amides is 1. The minimum absolute atomic E-state index is 0.113. The molecule has 2 heterocycles. The summed E-state index contributed by atoms with van der Waals surface area (Å²) in [7, 11) is 1.56. The summed E-state index contributed by atoms with van der Waals surface area (Å²) in [5.41, 5.74) is 1.67. The lowest BCUT2D eigenvalue weighted by Gasteiger charge is -2.21. The number of nitrogens with zero attached hydrogens (tertiary/aromatic N) is 3. The molecular formula is C18H23FN6O3. The molecule has 28 heavy (non-hydrogen) atoms. The molecule has 1 aliphatic rings. The zero-order valence-corrected chi connectivity index (χ0v) is 16.0. The van der Waals surface area contributed by atoms with E-state index in [1.165, 1.54) is 11.6 Å². The first-order chi connectivity index (χ1) is 13.3. The first-order valence-electron chi connectivity index (χ1n) is 9.09. The summed E-state index contributed by atoms with van der Waals surface area (Å²) in [6, 6.07) is 2.55. The van der Waals surface area contributed by atoms with Crippen molar-refractivity contribution in [2.24, 2.45) is 7.05 Å². The van der Waals surface area contributed by atoms with E-state index in [4.69, 9.17) is 0 Å². The number of carbonyl (C=O) groups excluding carboxylic acids is 1. The number of nitro groups is 1. The van der Waals surface area contributed by atoms with Gasteiger partial charge in [0.05, 0.1) is 10.6 Å². The van der Waals surface area contributed by atoms with Gasteiger partial charge in [-0.25, -0.2) is 9.07 Å². The van der Waals surface area contributed by atoms with E-state index in [9.17, 15) is 19.3 Å². The van der Waals surface area contributed by atoms with Gasteiger partial charge in [0.2, 0.25) is 11.7 Å². The third-order valence-corrected chi connectivity index (χ3v) is 4.87. The zero-order valence-electron chi connectivity index (χ0n) is 16.0. The van der Waals surface area contributed by atoms with Gasteiger partial charge in [-0.2, -0.15) is 5.10 Å². The summed E-state index contributed by atoms with van der Waals surface area (Å²) in [6.45, 7) is 4.58. The Kier molecular flexibility index (Phi) is 5.59. The number of nitrogens with one attached hydrogen (secondary N) is 3. The number of anilines is 2. The molecule has 1 aromatic heterocycles. The van der Waals surface area contributed by atoms with Gasteiger partial charge in [0.1, 0.15) is 17.6 Å². The number of aromatic nitrogens is 2. The Morgan fingerprint density at radius 1 is 1.50 bits per heavy atom. The van der Waals surface area contributed by atoms with Crippen molar-refractivity contribution in [2.75, 3.05) is 17.2 Å². The molecule has 3 rings (SSSR count). The van der Waals surface area contributed by atoms with Gasteiger partial charge in [0.25, 0.3) is 0 Å². The van der Waals surface area contributed by atoms with Crippen LogP contribution in [0, 0.1) is 22.9 Å². The van der Waals surface area contributed by atoms with Crippen molar-refractivity contribution in [1.29, 1.82) is 0 Å². The van der Waals surface area contributed by atoms with Crippen molar-refractivity contribution in [2.45, 2.75) is 39.3 Å². The second-order valence-corrected chi connectivity index (χ2v) is 6.75. The minimum Gasteiger partial charge on any atom is -0.353 e. The van der Waals surface area contributed by atoms with Gasteiger partial charge in [0, 0.05) is 13.6 Å². The monoisotopic (exact) mass is 390 g/mol. The highest BCUT2D eigenvalue weighted by atomic mass is 19.1. The maximum absolute atomic E-state index is 14.8. The van der Waals surface area contributed by atoms with E-state index in [0.717, 1.165) is 5.56 Å². The molecule has 0 fully saturated rings. The molecule has 0 radical (unpaired) electrons. The van der Waals surface area contributed by atoms with Gasteiger partial charge in [-0.1, -0.05) is 13.0 Å². The number of benzene rings is 1. The van der Waals surface area contributed by atoms with Crippen molar-refractivity contribution in [3.05, 3.63) is 44.9 Å². The number of halogens is 1. The Bertz CT molecular complexity index is 927. The van der Waals surface area contributed by atoms with Gasteiger partial charge in [-0.3, -0.25) is 14.9 Å². The minimum atomic E-state index is -0.786. The maximum Gasteiger partial charge on any atom is 0.333 e. The fourth-order valence-electron chi connectivity index (χ4n) is 3.40. The highest BCUT2D eigenvalue weighted by Gasteiger charge is 2.28. The van der Waals surface area contributed by atoms with Crippen molar-refractivity contribution in [3.8, 4) is 0 Å². The molecule has 10 heteroatoms. The van der Waals surface area contributed by atoms with Crippen molar-refractivity contribution in [3.63, 3.8) is 0 Å². The Morgan fingerprint density at radius 3 is 2.93 bits per heavy atom. The molecular weight excluding hydrogens is 367 g/mol. The van der Waals surface area contributed by atoms with Gasteiger partial charge in [-0.05, 0) is 43.5 Å². The topological polar surface area (TPSA) is 114 Å². The molecule has 1 aromatic carbocycles. The van der Waals surface area contributed by atoms with Crippen LogP contribution in [0.4, 0.5) is 21.6 Å². The highest BCUT2D eigenvalue weighted by molar-refractivity contribution is 5.97. The smallest absolute Gasteiger partial charge is 0.333 e. The van der Waals surface area contributed by atoms with E-state index >= 15 is 0 Å². The predicted octanol–water partition coefficient (Wildman–Crippen LogP) is 2.25. The van der Waals surface area contributed by atoms with Gasteiger partial charge in [-0.15, -0.1) is 0 Å². The molecule has 9 nitrogen and oxygen atoms in total. The molecule has 0 saturated heterocycles. The third-order valence-electron chi connectivity index (χ3n) is 4.87. The van der Waals surface area contributed by atoms with E-state index in [0.29, 0.717) is 31.5 Å². The summed E-state index contributed by atoms with van der Waals surface area (Å²) in [4.78, 5) is 23.5. The van der Waals surface area contributed by atoms with Crippen LogP contribution in [0.3, 0.4) is 0 Å². The van der Waals surface area contributed by atoms with Crippen molar-refractivity contribution >= 4 is 23.1 Å². The lowest BCUT2D eigenvalue weighted by Crippen LogP contribution is -2.35. The van der Waals surface area contributed by atoms with Crippen LogP contribution in [0.1, 0.15) is 30.2 Å². The SMILES string of the molecule is CCC(Nc1c([N+](=O)[O-])c(C)nn1C)C(=O)Nc1ccc2c(c1F)CCNC2. The molecule has 0 spiro atoms. The average molecular weight is 390 g/mol. The number of hydrogen-bond acceptors (Lipinski definition) is 6. The Labute approximate surface area is 161 Å². The maximum atomic E-state index is 14.8. The Balaban J connectivity index is 1.81.